The van der Waals surface area contributed by atoms with Crippen molar-refractivity contribution in [2.75, 3.05) is 13.4 Å². The number of ether oxygens (including phenoxy) is 1. The van der Waals surface area contributed by atoms with E-state index in [2.05, 4.69) is 10.1 Å². The Morgan fingerprint density at radius 3 is 2.59 bits per heavy atom. The molecule has 4 nitrogen and oxygen atoms in total. The molecule has 27 heavy (non-hydrogen) atoms. The van der Waals surface area contributed by atoms with Crippen LogP contribution in [0.3, 0.4) is 0 Å². The van der Waals surface area contributed by atoms with Gasteiger partial charge < -0.3 is 4.74 Å². The maximum absolute atomic E-state index is 13.3. The lowest BCUT2D eigenvalue weighted by molar-refractivity contribution is 0.145. The molecule has 0 aliphatic carbocycles. The number of thiazole rings is 1. The molecule has 0 saturated carbocycles. The molecule has 4 rings (SSSR count). The number of thioether (sulfide) groups is 1. The number of halogens is 2. The molecule has 0 N–H and O–H groups in total. The van der Waals surface area contributed by atoms with Crippen molar-refractivity contribution in [3.05, 3.63) is 54.2 Å². The van der Waals surface area contributed by atoms with Gasteiger partial charge in [0.25, 0.3) is 6.43 Å². The molecule has 0 aliphatic rings. The smallest absolute Gasteiger partial charge is 0.282 e. The van der Waals surface area contributed by atoms with Crippen molar-refractivity contribution in [1.82, 2.24) is 14.8 Å². The van der Waals surface area contributed by atoms with Crippen LogP contribution in [0.15, 0.2) is 53.4 Å². The van der Waals surface area contributed by atoms with E-state index in [4.69, 9.17) is 4.74 Å². The topological polar surface area (TPSA) is 39.9 Å². The molecule has 2 aromatic heterocycles. The van der Waals surface area contributed by atoms with Gasteiger partial charge in [-0.2, -0.15) is 5.10 Å². The van der Waals surface area contributed by atoms with E-state index in [0.29, 0.717) is 22.1 Å². The molecule has 4 aromatic rings. The number of para-hydroxylation sites is 1. The zero-order valence-corrected chi connectivity index (χ0v) is 16.2. The fraction of sp³-hybridized carbons (Fsp3) is 0.158. The Morgan fingerprint density at radius 1 is 1.15 bits per heavy atom. The molecular formula is C19H15F2N3OS2. The van der Waals surface area contributed by atoms with Crippen molar-refractivity contribution >= 4 is 33.3 Å². The predicted octanol–water partition coefficient (Wildman–Crippen LogP) is 5.82. The first-order valence-corrected chi connectivity index (χ1v) is 10.1. The van der Waals surface area contributed by atoms with E-state index in [0.717, 1.165) is 15.2 Å². The Hall–Kier alpha value is -2.45. The minimum absolute atomic E-state index is 0.273. The second-order valence-electron chi connectivity index (χ2n) is 5.70. The molecule has 8 heteroatoms. The molecule has 0 aliphatic heterocycles. The Bertz CT molecular complexity index is 1090. The minimum Gasteiger partial charge on any atom is -0.494 e. The Balaban J connectivity index is 1.89. The van der Waals surface area contributed by atoms with Crippen LogP contribution in [0.4, 0.5) is 8.78 Å². The molecule has 2 heterocycles. The first kappa shape index (κ1) is 17.9. The zero-order chi connectivity index (χ0) is 19.0. The van der Waals surface area contributed by atoms with E-state index in [1.165, 1.54) is 22.1 Å². The highest BCUT2D eigenvalue weighted by atomic mass is 32.2. The molecule has 0 unspecified atom stereocenters. The number of benzene rings is 2. The summed E-state index contributed by atoms with van der Waals surface area (Å²) in [6, 6.07) is 14.8. The third kappa shape index (κ3) is 3.30. The fourth-order valence-electron chi connectivity index (χ4n) is 2.79. The first-order valence-electron chi connectivity index (χ1n) is 8.07. The highest BCUT2D eigenvalue weighted by Crippen LogP contribution is 2.35. The van der Waals surface area contributed by atoms with Crippen molar-refractivity contribution in [1.29, 1.82) is 0 Å². The molecule has 0 atom stereocenters. The van der Waals surface area contributed by atoms with E-state index in [1.54, 1.807) is 18.9 Å². The van der Waals surface area contributed by atoms with Crippen LogP contribution in [0.2, 0.25) is 0 Å². The van der Waals surface area contributed by atoms with Crippen LogP contribution in [0.25, 0.3) is 26.6 Å². The van der Waals surface area contributed by atoms with Crippen LogP contribution in [0.5, 0.6) is 5.75 Å². The minimum atomic E-state index is -2.65. The van der Waals surface area contributed by atoms with E-state index < -0.39 is 6.43 Å². The van der Waals surface area contributed by atoms with Crippen molar-refractivity contribution in [3.63, 3.8) is 0 Å². The summed E-state index contributed by atoms with van der Waals surface area (Å²) in [6.45, 7) is 0. The standard InChI is InChI=1S/C19H15F2N3OS2/c1-25-15-4-3-5-16-17(15)22-19(27-16)24-14(10-13(23-24)18(20)21)11-6-8-12(26-2)9-7-11/h3-10,18H,1-2H3. The molecule has 0 fully saturated rings. The number of nitrogens with zero attached hydrogens (tertiary/aromatic N) is 3. The monoisotopic (exact) mass is 403 g/mol. The van der Waals surface area contributed by atoms with Gasteiger partial charge in [0, 0.05) is 10.5 Å². The number of fused-ring (bicyclic) bond motifs is 1. The summed E-state index contributed by atoms with van der Waals surface area (Å²) in [7, 11) is 1.58. The van der Waals surface area contributed by atoms with Gasteiger partial charge in [-0.1, -0.05) is 29.5 Å². The van der Waals surface area contributed by atoms with Crippen LogP contribution in [0.1, 0.15) is 12.1 Å². The van der Waals surface area contributed by atoms with E-state index in [9.17, 15) is 8.78 Å². The normalized spacial score (nSPS) is 11.4. The van der Waals surface area contributed by atoms with Crippen LogP contribution in [-0.2, 0) is 0 Å². The lowest BCUT2D eigenvalue weighted by Crippen LogP contribution is -1.99. The molecule has 138 valence electrons. The van der Waals surface area contributed by atoms with Gasteiger partial charge in [0.15, 0.2) is 0 Å². The van der Waals surface area contributed by atoms with Gasteiger partial charge in [-0.3, -0.25) is 0 Å². The second-order valence-corrected chi connectivity index (χ2v) is 7.59. The van der Waals surface area contributed by atoms with Gasteiger partial charge >= 0.3 is 0 Å². The maximum Gasteiger partial charge on any atom is 0.282 e. The largest absolute Gasteiger partial charge is 0.494 e. The van der Waals surface area contributed by atoms with Gasteiger partial charge in [0.2, 0.25) is 5.13 Å². The summed E-state index contributed by atoms with van der Waals surface area (Å²) in [6.07, 6.45) is -0.665. The highest BCUT2D eigenvalue weighted by molar-refractivity contribution is 7.98. The maximum atomic E-state index is 13.3. The third-order valence-electron chi connectivity index (χ3n) is 4.11. The summed E-state index contributed by atoms with van der Waals surface area (Å²) >= 11 is 3.01. The molecule has 0 radical (unpaired) electrons. The van der Waals surface area contributed by atoms with Crippen LogP contribution >= 0.6 is 23.1 Å². The Morgan fingerprint density at radius 2 is 1.93 bits per heavy atom. The van der Waals surface area contributed by atoms with E-state index in [-0.39, 0.29) is 5.69 Å². The molecular weight excluding hydrogens is 388 g/mol. The second kappa shape index (κ2) is 7.28. The number of aromatic nitrogens is 3. The fourth-order valence-corrected chi connectivity index (χ4v) is 4.14. The van der Waals surface area contributed by atoms with Crippen molar-refractivity contribution in [3.8, 4) is 22.1 Å². The summed E-state index contributed by atoms with van der Waals surface area (Å²) in [5.41, 5.74) is 1.80. The van der Waals surface area contributed by atoms with Crippen molar-refractivity contribution in [2.24, 2.45) is 0 Å². The first-order chi connectivity index (χ1) is 13.1. The average Bonchev–Trinajstić information content (AvgIpc) is 3.32. The summed E-state index contributed by atoms with van der Waals surface area (Å²) in [5.74, 6) is 0.641. The van der Waals surface area contributed by atoms with Gasteiger partial charge in [-0.15, -0.1) is 11.8 Å². The average molecular weight is 403 g/mol. The third-order valence-corrected chi connectivity index (χ3v) is 5.85. The van der Waals surface area contributed by atoms with Crippen LogP contribution in [0, 0.1) is 0 Å². The Labute approximate surface area is 162 Å². The van der Waals surface area contributed by atoms with Gasteiger partial charge in [0.1, 0.15) is 17.0 Å². The van der Waals surface area contributed by atoms with E-state index in [1.807, 2.05) is 48.7 Å². The number of rotatable bonds is 5. The lowest BCUT2D eigenvalue weighted by atomic mass is 10.1. The van der Waals surface area contributed by atoms with Crippen LogP contribution in [-0.4, -0.2) is 28.1 Å². The van der Waals surface area contributed by atoms with E-state index >= 15 is 0 Å². The summed E-state index contributed by atoms with van der Waals surface area (Å²) < 4.78 is 34.4. The summed E-state index contributed by atoms with van der Waals surface area (Å²) in [5, 5.41) is 4.64. The number of hydrogen-bond acceptors (Lipinski definition) is 5. The highest BCUT2D eigenvalue weighted by Gasteiger charge is 2.20. The quantitative estimate of drug-likeness (QED) is 0.394. The van der Waals surface area contributed by atoms with Gasteiger partial charge in [-0.25, -0.2) is 18.4 Å². The van der Waals surface area contributed by atoms with Gasteiger partial charge in [0.05, 0.1) is 17.5 Å². The number of alkyl halides is 2. The van der Waals surface area contributed by atoms with Gasteiger partial charge in [-0.05, 0) is 36.6 Å². The van der Waals surface area contributed by atoms with Crippen molar-refractivity contribution < 1.29 is 13.5 Å². The molecule has 0 spiro atoms. The lowest BCUT2D eigenvalue weighted by Gasteiger charge is -2.05. The molecule has 2 aromatic carbocycles. The van der Waals surface area contributed by atoms with Crippen LogP contribution < -0.4 is 4.74 Å². The molecule has 0 saturated heterocycles. The summed E-state index contributed by atoms with van der Waals surface area (Å²) in [4.78, 5) is 5.69. The zero-order valence-electron chi connectivity index (χ0n) is 14.5. The van der Waals surface area contributed by atoms with Crippen molar-refractivity contribution in [2.45, 2.75) is 11.3 Å². The predicted molar refractivity (Wildman–Crippen MR) is 105 cm³/mol. The SMILES string of the molecule is COc1cccc2sc(-n3nc(C(F)F)cc3-c3ccc(SC)cc3)nc12. The number of methoxy groups -OCH3 is 1. The Kier molecular flexibility index (Phi) is 4.84. The molecule has 0 bridgehead atoms. The number of hydrogen-bond donors (Lipinski definition) is 0. The molecule has 0 amide bonds.